The first-order chi connectivity index (χ1) is 9.34. The summed E-state index contributed by atoms with van der Waals surface area (Å²) in [5.74, 6) is -0.837. The van der Waals surface area contributed by atoms with E-state index in [0.717, 1.165) is 11.4 Å². The number of hydrogen-bond acceptors (Lipinski definition) is 3. The summed E-state index contributed by atoms with van der Waals surface area (Å²) in [5, 5.41) is 11.5. The first-order valence-corrected chi connectivity index (χ1v) is 7.47. The van der Waals surface area contributed by atoms with Crippen LogP contribution in [0.2, 0.25) is 0 Å². The van der Waals surface area contributed by atoms with Crippen molar-refractivity contribution in [3.05, 3.63) is 51.5 Å². The van der Waals surface area contributed by atoms with Gasteiger partial charge in [-0.1, -0.05) is 45.0 Å². The summed E-state index contributed by atoms with van der Waals surface area (Å²) < 4.78 is 0. The summed E-state index contributed by atoms with van der Waals surface area (Å²) in [4.78, 5) is 15.0. The second-order valence-corrected chi connectivity index (χ2v) is 6.87. The van der Waals surface area contributed by atoms with Crippen molar-refractivity contribution in [2.75, 3.05) is 0 Å². The lowest BCUT2D eigenvalue weighted by atomic mass is 9.86. The maximum atomic E-state index is 10.6. The van der Waals surface area contributed by atoms with Crippen LogP contribution in [-0.4, -0.2) is 16.1 Å². The van der Waals surface area contributed by atoms with Gasteiger partial charge in [0.15, 0.2) is 0 Å². The molecule has 1 aromatic carbocycles. The fraction of sp³-hybridized carbons (Fsp3) is 0.375. The Morgan fingerprint density at radius 1 is 1.25 bits per heavy atom. The Labute approximate surface area is 123 Å². The zero-order chi connectivity index (χ0) is 14.8. The van der Waals surface area contributed by atoms with Gasteiger partial charge in [0.05, 0.1) is 17.1 Å². The molecule has 0 unspecified atom stereocenters. The van der Waals surface area contributed by atoms with Gasteiger partial charge >= 0.3 is 5.97 Å². The van der Waals surface area contributed by atoms with Crippen molar-refractivity contribution in [3.63, 3.8) is 0 Å². The van der Waals surface area contributed by atoms with Gasteiger partial charge in [-0.05, 0) is 16.5 Å². The molecule has 2 aromatic rings. The van der Waals surface area contributed by atoms with Gasteiger partial charge in [-0.3, -0.25) is 4.79 Å². The van der Waals surface area contributed by atoms with Crippen molar-refractivity contribution in [2.45, 2.75) is 39.0 Å². The van der Waals surface area contributed by atoms with Crippen LogP contribution in [0.1, 0.15) is 42.6 Å². The van der Waals surface area contributed by atoms with Crippen LogP contribution in [0.5, 0.6) is 0 Å². The highest BCUT2D eigenvalue weighted by Crippen LogP contribution is 2.23. The average molecular weight is 289 g/mol. The van der Waals surface area contributed by atoms with E-state index in [0.29, 0.717) is 5.69 Å². The molecule has 0 aliphatic rings. The summed E-state index contributed by atoms with van der Waals surface area (Å²) in [6, 6.07) is 8.56. The number of hydrogen-bond donors (Lipinski definition) is 1. The summed E-state index contributed by atoms with van der Waals surface area (Å²) in [7, 11) is 0. The molecular weight excluding hydrogens is 270 g/mol. The smallest absolute Gasteiger partial charge is 0.309 e. The minimum Gasteiger partial charge on any atom is -0.481 e. The molecule has 3 nitrogen and oxygen atoms in total. The second-order valence-electron chi connectivity index (χ2n) is 5.93. The molecule has 20 heavy (non-hydrogen) atoms. The van der Waals surface area contributed by atoms with Crippen molar-refractivity contribution in [3.8, 4) is 0 Å². The molecule has 0 amide bonds. The lowest BCUT2D eigenvalue weighted by Gasteiger charge is -2.19. The molecular formula is C16H19NO2S. The van der Waals surface area contributed by atoms with Crippen LogP contribution in [-0.2, 0) is 23.1 Å². The Kier molecular flexibility index (Phi) is 4.23. The van der Waals surface area contributed by atoms with Crippen LogP contribution in [0.4, 0.5) is 0 Å². The van der Waals surface area contributed by atoms with Crippen molar-refractivity contribution in [1.82, 2.24) is 4.98 Å². The number of aromatic nitrogens is 1. The first-order valence-electron chi connectivity index (χ1n) is 6.59. The summed E-state index contributed by atoms with van der Waals surface area (Å²) >= 11 is 1.52. The molecule has 106 valence electrons. The minimum atomic E-state index is -0.837. The van der Waals surface area contributed by atoms with Gasteiger partial charge in [0.2, 0.25) is 0 Å². The Hall–Kier alpha value is -1.68. The van der Waals surface area contributed by atoms with E-state index in [1.54, 1.807) is 0 Å². The van der Waals surface area contributed by atoms with Gasteiger partial charge in [-0.2, -0.15) is 0 Å². The zero-order valence-corrected chi connectivity index (χ0v) is 12.8. The average Bonchev–Trinajstić information content (AvgIpc) is 2.75. The van der Waals surface area contributed by atoms with Gasteiger partial charge in [-0.15, -0.1) is 11.3 Å². The molecule has 1 N–H and O–H groups in total. The van der Waals surface area contributed by atoms with Crippen LogP contribution >= 0.6 is 11.3 Å². The highest BCUT2D eigenvalue weighted by atomic mass is 32.1. The van der Waals surface area contributed by atoms with Crippen molar-refractivity contribution in [2.24, 2.45) is 0 Å². The molecule has 0 bridgehead atoms. The standard InChI is InChI=1S/C16H19NO2S/c1-16(2,3)12-6-4-11(5-7-12)8-14-17-13(10-20-14)9-15(18)19/h4-7,10H,8-9H2,1-3H3,(H,18,19). The Balaban J connectivity index is 2.06. The maximum absolute atomic E-state index is 10.6. The number of carboxylic acid groups (broad SMARTS) is 1. The largest absolute Gasteiger partial charge is 0.481 e. The third-order valence-corrected chi connectivity index (χ3v) is 4.00. The monoisotopic (exact) mass is 289 g/mol. The topological polar surface area (TPSA) is 50.2 Å². The highest BCUT2D eigenvalue weighted by Gasteiger charge is 2.13. The SMILES string of the molecule is CC(C)(C)c1ccc(Cc2nc(CC(=O)O)cs2)cc1. The highest BCUT2D eigenvalue weighted by molar-refractivity contribution is 7.09. The Morgan fingerprint density at radius 2 is 1.90 bits per heavy atom. The van der Waals surface area contributed by atoms with Crippen molar-refractivity contribution in [1.29, 1.82) is 0 Å². The van der Waals surface area contributed by atoms with E-state index in [2.05, 4.69) is 50.0 Å². The first kappa shape index (κ1) is 14.7. The number of carboxylic acids is 1. The predicted molar refractivity (Wildman–Crippen MR) is 81.4 cm³/mol. The third kappa shape index (κ3) is 3.90. The number of thiazole rings is 1. The van der Waals surface area contributed by atoms with Gasteiger partial charge in [0, 0.05) is 11.8 Å². The molecule has 4 heteroatoms. The molecule has 2 rings (SSSR count). The molecule has 0 radical (unpaired) electrons. The van der Waals surface area contributed by atoms with Crippen LogP contribution in [0.15, 0.2) is 29.6 Å². The van der Waals surface area contributed by atoms with E-state index >= 15 is 0 Å². The summed E-state index contributed by atoms with van der Waals surface area (Å²) in [6.07, 6.45) is 0.758. The second kappa shape index (κ2) is 5.75. The number of benzene rings is 1. The van der Waals surface area contributed by atoms with Gasteiger partial charge in [-0.25, -0.2) is 4.98 Å². The normalized spacial score (nSPS) is 11.6. The molecule has 1 aromatic heterocycles. The van der Waals surface area contributed by atoms with Gasteiger partial charge < -0.3 is 5.11 Å². The number of rotatable bonds is 4. The molecule has 1 heterocycles. The summed E-state index contributed by atoms with van der Waals surface area (Å²) in [5.41, 5.74) is 3.32. The van der Waals surface area contributed by atoms with Crippen LogP contribution in [0.25, 0.3) is 0 Å². The quantitative estimate of drug-likeness (QED) is 0.934. The van der Waals surface area contributed by atoms with Crippen molar-refractivity contribution >= 4 is 17.3 Å². The lowest BCUT2D eigenvalue weighted by molar-refractivity contribution is -0.136. The van der Waals surface area contributed by atoms with Crippen LogP contribution < -0.4 is 0 Å². The van der Waals surface area contributed by atoms with E-state index in [1.165, 1.54) is 22.5 Å². The molecule has 0 saturated carbocycles. The number of nitrogens with zero attached hydrogens (tertiary/aromatic N) is 1. The summed E-state index contributed by atoms with van der Waals surface area (Å²) in [6.45, 7) is 6.59. The molecule has 0 spiro atoms. The zero-order valence-electron chi connectivity index (χ0n) is 12.0. The Bertz CT molecular complexity index is 594. The lowest BCUT2D eigenvalue weighted by Crippen LogP contribution is -2.10. The number of carbonyl (C=O) groups is 1. The van der Waals surface area contributed by atoms with Crippen molar-refractivity contribution < 1.29 is 9.90 Å². The molecule has 0 saturated heterocycles. The minimum absolute atomic E-state index is 0.000534. The van der Waals surface area contributed by atoms with E-state index in [9.17, 15) is 4.79 Å². The van der Waals surface area contributed by atoms with E-state index < -0.39 is 5.97 Å². The molecule has 0 aliphatic carbocycles. The fourth-order valence-corrected chi connectivity index (χ4v) is 2.79. The van der Waals surface area contributed by atoms with Gasteiger partial charge in [0.1, 0.15) is 0 Å². The molecule has 0 aliphatic heterocycles. The van der Waals surface area contributed by atoms with Crippen LogP contribution in [0, 0.1) is 0 Å². The molecule has 0 fully saturated rings. The third-order valence-electron chi connectivity index (χ3n) is 3.11. The van der Waals surface area contributed by atoms with E-state index in [-0.39, 0.29) is 11.8 Å². The number of aliphatic carboxylic acids is 1. The van der Waals surface area contributed by atoms with E-state index in [1.807, 2.05) is 5.38 Å². The van der Waals surface area contributed by atoms with E-state index in [4.69, 9.17) is 5.11 Å². The molecule has 0 atom stereocenters. The van der Waals surface area contributed by atoms with Gasteiger partial charge in [0.25, 0.3) is 0 Å². The van der Waals surface area contributed by atoms with Crippen LogP contribution in [0.3, 0.4) is 0 Å². The Morgan fingerprint density at radius 3 is 2.45 bits per heavy atom. The fourth-order valence-electron chi connectivity index (χ4n) is 1.96. The maximum Gasteiger partial charge on any atom is 0.309 e. The predicted octanol–water partition coefficient (Wildman–Crippen LogP) is 3.66.